The lowest BCUT2D eigenvalue weighted by molar-refractivity contribution is 0.229. The Hall–Kier alpha value is -1.92. The van der Waals surface area contributed by atoms with E-state index in [-0.39, 0.29) is 17.9 Å². The van der Waals surface area contributed by atoms with Crippen LogP contribution < -0.4 is 5.73 Å². The van der Waals surface area contributed by atoms with Crippen molar-refractivity contribution in [3.05, 3.63) is 41.8 Å². The zero-order valence-corrected chi connectivity index (χ0v) is 13.1. The molecule has 4 rings (SSSR count). The number of nitrogens with zero attached hydrogens (tertiary/aromatic N) is 4. The highest BCUT2D eigenvalue weighted by Crippen LogP contribution is 2.36. The predicted octanol–water partition coefficient (Wildman–Crippen LogP) is 2.54. The average molecular weight is 320 g/mol. The maximum Gasteiger partial charge on any atom is 0.246 e. The number of fused-ring (bicyclic) bond motifs is 1. The number of aromatic nitrogens is 4. The zero-order valence-electron chi connectivity index (χ0n) is 12.3. The molecule has 1 aliphatic rings. The number of hydrogen-bond acceptors (Lipinski definition) is 5. The lowest BCUT2D eigenvalue weighted by atomic mass is 9.77. The van der Waals surface area contributed by atoms with Crippen LogP contribution >= 0.6 is 12.4 Å². The molecular weight excluding hydrogens is 302 g/mol. The van der Waals surface area contributed by atoms with E-state index in [4.69, 9.17) is 10.3 Å². The number of rotatable bonds is 3. The summed E-state index contributed by atoms with van der Waals surface area (Å²) in [5.74, 6) is 2.14. The van der Waals surface area contributed by atoms with E-state index in [1.807, 2.05) is 31.2 Å². The third-order valence-corrected chi connectivity index (χ3v) is 4.30. The first-order valence-corrected chi connectivity index (χ1v) is 7.19. The molecule has 116 valence electrons. The molecule has 6 nitrogen and oxygen atoms in total. The van der Waals surface area contributed by atoms with Crippen molar-refractivity contribution >= 4 is 23.4 Å². The van der Waals surface area contributed by atoms with Gasteiger partial charge in [-0.25, -0.2) is 4.98 Å². The summed E-state index contributed by atoms with van der Waals surface area (Å²) in [4.78, 5) is 9.02. The van der Waals surface area contributed by atoms with Crippen LogP contribution in [-0.2, 0) is 12.1 Å². The number of halogens is 1. The Balaban J connectivity index is 0.00000144. The van der Waals surface area contributed by atoms with Crippen LogP contribution in [0.4, 0.5) is 0 Å². The van der Waals surface area contributed by atoms with Crippen molar-refractivity contribution in [2.45, 2.75) is 38.3 Å². The minimum atomic E-state index is -0.381. The number of nitrogens with two attached hydrogens (primary N) is 1. The van der Waals surface area contributed by atoms with Crippen LogP contribution in [0.5, 0.6) is 0 Å². The molecule has 2 heterocycles. The fraction of sp³-hybridized carbons (Fsp3) is 0.400. The van der Waals surface area contributed by atoms with Crippen molar-refractivity contribution in [1.82, 2.24) is 19.7 Å². The summed E-state index contributed by atoms with van der Waals surface area (Å²) in [6, 6.07) is 8.03. The maximum absolute atomic E-state index is 6.23. The van der Waals surface area contributed by atoms with Gasteiger partial charge >= 0.3 is 0 Å². The first-order chi connectivity index (χ1) is 10.2. The Morgan fingerprint density at radius 1 is 1.27 bits per heavy atom. The molecule has 1 fully saturated rings. The molecule has 0 bridgehead atoms. The first kappa shape index (κ1) is 15.0. The molecule has 0 saturated heterocycles. The minimum Gasteiger partial charge on any atom is -0.337 e. The highest BCUT2D eigenvalue weighted by molar-refractivity contribution is 5.85. The highest BCUT2D eigenvalue weighted by Gasteiger charge is 2.39. The van der Waals surface area contributed by atoms with Gasteiger partial charge in [0.2, 0.25) is 5.89 Å². The molecule has 22 heavy (non-hydrogen) atoms. The average Bonchev–Trinajstić information content (AvgIpc) is 3.03. The Kier molecular flexibility index (Phi) is 3.66. The van der Waals surface area contributed by atoms with E-state index < -0.39 is 0 Å². The summed E-state index contributed by atoms with van der Waals surface area (Å²) in [6.07, 6.45) is 2.99. The molecule has 7 heteroatoms. The van der Waals surface area contributed by atoms with Gasteiger partial charge in [0.15, 0.2) is 5.82 Å². The van der Waals surface area contributed by atoms with Gasteiger partial charge in [-0.1, -0.05) is 17.3 Å². The molecule has 3 aromatic rings. The van der Waals surface area contributed by atoms with Crippen molar-refractivity contribution in [3.63, 3.8) is 0 Å². The van der Waals surface area contributed by atoms with Gasteiger partial charge in [-0.15, -0.1) is 12.4 Å². The third-order valence-electron chi connectivity index (χ3n) is 4.30. The Labute approximate surface area is 134 Å². The van der Waals surface area contributed by atoms with Crippen LogP contribution in [0.2, 0.25) is 0 Å². The Bertz CT molecular complexity index is 805. The van der Waals surface area contributed by atoms with Gasteiger partial charge in [-0.2, -0.15) is 4.98 Å². The molecule has 0 amide bonds. The van der Waals surface area contributed by atoms with Gasteiger partial charge in [0, 0.05) is 0 Å². The molecule has 1 saturated carbocycles. The van der Waals surface area contributed by atoms with Crippen molar-refractivity contribution in [2.75, 3.05) is 0 Å². The summed E-state index contributed by atoms with van der Waals surface area (Å²) in [5.41, 5.74) is 7.89. The normalized spacial score (nSPS) is 16.3. The van der Waals surface area contributed by atoms with Crippen LogP contribution in [-0.4, -0.2) is 19.7 Å². The van der Waals surface area contributed by atoms with Gasteiger partial charge in [0.05, 0.1) is 16.6 Å². The monoisotopic (exact) mass is 319 g/mol. The topological polar surface area (TPSA) is 82.8 Å². The van der Waals surface area contributed by atoms with Gasteiger partial charge < -0.3 is 14.8 Å². The molecule has 0 atom stereocenters. The van der Waals surface area contributed by atoms with Gasteiger partial charge in [-0.3, -0.25) is 0 Å². The Morgan fingerprint density at radius 3 is 2.77 bits per heavy atom. The number of hydrogen-bond donors (Lipinski definition) is 1. The van der Waals surface area contributed by atoms with Crippen LogP contribution in [0.3, 0.4) is 0 Å². The van der Waals surface area contributed by atoms with E-state index in [2.05, 4.69) is 19.7 Å². The largest absolute Gasteiger partial charge is 0.337 e. The highest BCUT2D eigenvalue weighted by atomic mass is 35.5. The number of aryl methyl sites for hydroxylation is 1. The molecule has 0 aliphatic heterocycles. The van der Waals surface area contributed by atoms with Crippen LogP contribution in [0.25, 0.3) is 11.0 Å². The second-order valence-corrected chi connectivity index (χ2v) is 5.76. The van der Waals surface area contributed by atoms with Crippen molar-refractivity contribution in [1.29, 1.82) is 0 Å². The third kappa shape index (κ3) is 2.28. The van der Waals surface area contributed by atoms with Crippen molar-refractivity contribution < 1.29 is 4.52 Å². The molecule has 0 radical (unpaired) electrons. The van der Waals surface area contributed by atoms with Crippen LogP contribution in [0.15, 0.2) is 28.8 Å². The lowest BCUT2D eigenvalue weighted by Crippen LogP contribution is -2.44. The van der Waals surface area contributed by atoms with Crippen LogP contribution in [0.1, 0.15) is 36.8 Å². The summed E-state index contributed by atoms with van der Waals surface area (Å²) in [6.45, 7) is 2.50. The standard InChI is InChI=1S/C15H17N5O.ClH/c1-10-17-11-5-2-3-6-12(11)20(10)9-13-18-14(19-21-13)15(16)7-4-8-15;/h2-3,5-6H,4,7-9,16H2,1H3;1H. The van der Waals surface area contributed by atoms with Crippen molar-refractivity contribution in [2.24, 2.45) is 5.73 Å². The molecule has 1 aromatic carbocycles. The van der Waals surface area contributed by atoms with Gasteiger partial charge in [-0.05, 0) is 38.3 Å². The Morgan fingerprint density at radius 2 is 2.05 bits per heavy atom. The maximum atomic E-state index is 6.23. The quantitative estimate of drug-likeness (QED) is 0.802. The lowest BCUT2D eigenvalue weighted by Gasteiger charge is -2.34. The fourth-order valence-corrected chi connectivity index (χ4v) is 2.83. The zero-order chi connectivity index (χ0) is 14.4. The summed E-state index contributed by atoms with van der Waals surface area (Å²) in [5, 5.41) is 4.06. The van der Waals surface area contributed by atoms with E-state index in [0.717, 1.165) is 36.1 Å². The van der Waals surface area contributed by atoms with E-state index in [1.165, 1.54) is 0 Å². The van der Waals surface area contributed by atoms with Crippen LogP contribution in [0, 0.1) is 6.92 Å². The SMILES string of the molecule is Cc1nc2ccccc2n1Cc1nc(C2(N)CCC2)no1.Cl. The number of imidazole rings is 1. The summed E-state index contributed by atoms with van der Waals surface area (Å²) < 4.78 is 7.45. The number of para-hydroxylation sites is 2. The van der Waals surface area contributed by atoms with E-state index in [1.54, 1.807) is 0 Å². The molecule has 0 spiro atoms. The molecule has 1 aliphatic carbocycles. The second-order valence-electron chi connectivity index (χ2n) is 5.76. The van der Waals surface area contributed by atoms with Crippen molar-refractivity contribution in [3.8, 4) is 0 Å². The summed E-state index contributed by atoms with van der Waals surface area (Å²) in [7, 11) is 0. The van der Waals surface area contributed by atoms with E-state index >= 15 is 0 Å². The molecule has 2 aromatic heterocycles. The second kappa shape index (κ2) is 5.37. The molecule has 0 unspecified atom stereocenters. The fourth-order valence-electron chi connectivity index (χ4n) is 2.83. The van der Waals surface area contributed by atoms with Gasteiger partial charge in [0.1, 0.15) is 12.4 Å². The smallest absolute Gasteiger partial charge is 0.246 e. The minimum absolute atomic E-state index is 0. The van der Waals surface area contributed by atoms with E-state index in [9.17, 15) is 0 Å². The van der Waals surface area contributed by atoms with E-state index in [0.29, 0.717) is 18.3 Å². The predicted molar refractivity (Wildman–Crippen MR) is 84.8 cm³/mol. The number of benzene rings is 1. The summed E-state index contributed by atoms with van der Waals surface area (Å²) >= 11 is 0. The van der Waals surface area contributed by atoms with Gasteiger partial charge in [0.25, 0.3) is 0 Å². The first-order valence-electron chi connectivity index (χ1n) is 7.19. The molecular formula is C15H18ClN5O. The molecule has 2 N–H and O–H groups in total.